The van der Waals surface area contributed by atoms with E-state index in [2.05, 4.69) is 32.3 Å². The van der Waals surface area contributed by atoms with Crippen LogP contribution in [0.4, 0.5) is 0 Å². The van der Waals surface area contributed by atoms with E-state index in [1.54, 1.807) is 0 Å². The molecule has 0 aliphatic carbocycles. The fourth-order valence-electron chi connectivity index (χ4n) is 2.87. The Morgan fingerprint density at radius 3 is 2.78 bits per heavy atom. The molecule has 3 rings (SSSR count). The van der Waals surface area contributed by atoms with Crippen LogP contribution in [0.3, 0.4) is 0 Å². The van der Waals surface area contributed by atoms with Gasteiger partial charge in [-0.25, -0.2) is 9.78 Å². The summed E-state index contributed by atoms with van der Waals surface area (Å²) in [7, 11) is 1.20. The van der Waals surface area contributed by atoms with Crippen LogP contribution >= 0.6 is 22.6 Å². The fraction of sp³-hybridized carbons (Fsp3) is 0.643. The van der Waals surface area contributed by atoms with Crippen LogP contribution in [-0.4, -0.2) is 51.2 Å². The number of alkyl halides is 1. The van der Waals surface area contributed by atoms with E-state index >= 15 is 0 Å². The van der Waals surface area contributed by atoms with Gasteiger partial charge in [-0.05, 0) is 13.8 Å². The zero-order chi connectivity index (χ0) is 16.8. The van der Waals surface area contributed by atoms with E-state index in [1.165, 1.54) is 24.1 Å². The molecule has 2 aliphatic rings. The molecule has 0 aromatic carbocycles. The van der Waals surface area contributed by atoms with Crippen LogP contribution < -0.4 is 5.56 Å². The minimum absolute atomic E-state index is 0.200. The van der Waals surface area contributed by atoms with Gasteiger partial charge >= 0.3 is 5.97 Å². The summed E-state index contributed by atoms with van der Waals surface area (Å²) in [6.07, 6.45) is 1.25. The van der Waals surface area contributed by atoms with Crippen LogP contribution in [0.1, 0.15) is 30.6 Å². The van der Waals surface area contributed by atoms with Crippen molar-refractivity contribution in [3.63, 3.8) is 0 Å². The first-order chi connectivity index (χ1) is 10.9. The van der Waals surface area contributed by atoms with Crippen LogP contribution in [0, 0.1) is 0 Å². The van der Waals surface area contributed by atoms with Crippen molar-refractivity contribution in [3.05, 3.63) is 28.4 Å². The monoisotopic (exact) mass is 436 g/mol. The molecule has 0 radical (unpaired) electrons. The van der Waals surface area contributed by atoms with E-state index in [-0.39, 0.29) is 17.9 Å². The van der Waals surface area contributed by atoms with Gasteiger partial charge in [0.05, 0.1) is 13.2 Å². The second-order valence-corrected chi connectivity index (χ2v) is 6.64. The maximum atomic E-state index is 12.5. The van der Waals surface area contributed by atoms with Crippen molar-refractivity contribution >= 4 is 28.6 Å². The molecule has 0 unspecified atom stereocenters. The number of carbonyl (C=O) groups is 1. The van der Waals surface area contributed by atoms with Crippen LogP contribution in [0.5, 0.6) is 0 Å². The van der Waals surface area contributed by atoms with Crippen LogP contribution in [-0.2, 0) is 18.9 Å². The van der Waals surface area contributed by atoms with E-state index in [1.807, 2.05) is 13.8 Å². The predicted octanol–water partition coefficient (Wildman–Crippen LogP) is 0.882. The van der Waals surface area contributed by atoms with Crippen molar-refractivity contribution in [1.29, 1.82) is 0 Å². The molecule has 0 spiro atoms. The largest absolute Gasteiger partial charge is 0.464 e. The van der Waals surface area contributed by atoms with Gasteiger partial charge < -0.3 is 18.9 Å². The summed E-state index contributed by atoms with van der Waals surface area (Å²) in [6, 6.07) is 0. The molecule has 2 saturated heterocycles. The highest BCUT2D eigenvalue weighted by Crippen LogP contribution is 2.42. The number of nitrogens with zero attached hydrogens (tertiary/aromatic N) is 2. The van der Waals surface area contributed by atoms with Crippen molar-refractivity contribution in [1.82, 2.24) is 9.55 Å². The van der Waals surface area contributed by atoms with E-state index in [4.69, 9.17) is 14.2 Å². The van der Waals surface area contributed by atoms with Crippen LogP contribution in [0.25, 0.3) is 0 Å². The molecule has 126 valence electrons. The van der Waals surface area contributed by atoms with Crippen LogP contribution in [0.15, 0.2) is 17.2 Å². The average molecular weight is 436 g/mol. The third-order valence-electron chi connectivity index (χ3n) is 3.80. The molecule has 0 saturated carbocycles. The first-order valence-electron chi connectivity index (χ1n) is 7.10. The minimum Gasteiger partial charge on any atom is -0.464 e. The van der Waals surface area contributed by atoms with Gasteiger partial charge in [0.15, 0.2) is 12.0 Å². The standard InChI is InChI=1S/C14H17IN2O6/c1-14(2)22-9-7(6-15)21-12(10(9)23-14)17-5-4-16-8(11(17)18)13(19)20-3/h4-5,7,9-10,12H,6H2,1-3H3/t7-,9-,10-,12-/m1/s1. The molecule has 23 heavy (non-hydrogen) atoms. The Hall–Kier alpha value is -1.04. The molecular weight excluding hydrogens is 419 g/mol. The van der Waals surface area contributed by atoms with Crippen molar-refractivity contribution in [3.8, 4) is 0 Å². The van der Waals surface area contributed by atoms with Gasteiger partial charge in [0.1, 0.15) is 12.2 Å². The van der Waals surface area contributed by atoms with Gasteiger partial charge in [-0.1, -0.05) is 22.6 Å². The molecule has 3 heterocycles. The number of carbonyl (C=O) groups excluding carboxylic acids is 1. The van der Waals surface area contributed by atoms with Gasteiger partial charge in [0, 0.05) is 16.8 Å². The van der Waals surface area contributed by atoms with E-state index < -0.39 is 29.6 Å². The summed E-state index contributed by atoms with van der Waals surface area (Å²) >= 11 is 2.20. The topological polar surface area (TPSA) is 88.9 Å². The van der Waals surface area contributed by atoms with E-state index in [9.17, 15) is 9.59 Å². The number of esters is 1. The highest BCUT2D eigenvalue weighted by molar-refractivity contribution is 14.1. The second kappa shape index (κ2) is 6.11. The van der Waals surface area contributed by atoms with Crippen molar-refractivity contribution in [2.24, 2.45) is 0 Å². The quantitative estimate of drug-likeness (QED) is 0.395. The first kappa shape index (κ1) is 16.8. The summed E-state index contributed by atoms with van der Waals surface area (Å²) in [5.74, 6) is -1.53. The van der Waals surface area contributed by atoms with Gasteiger partial charge in [-0.3, -0.25) is 9.36 Å². The Balaban J connectivity index is 1.99. The number of methoxy groups -OCH3 is 1. The molecule has 0 N–H and O–H groups in total. The summed E-state index contributed by atoms with van der Waals surface area (Å²) in [6.45, 7) is 3.64. The Kier molecular flexibility index (Phi) is 4.47. The SMILES string of the molecule is COC(=O)c1nccn([C@@H]2O[C@H](CI)[C@H]3OC(C)(C)O[C@H]32)c1=O. The van der Waals surface area contributed by atoms with Gasteiger partial charge in [0.25, 0.3) is 5.56 Å². The number of hydrogen-bond acceptors (Lipinski definition) is 7. The second-order valence-electron chi connectivity index (χ2n) is 5.76. The molecule has 1 aromatic rings. The normalized spacial score (nSPS) is 31.8. The maximum absolute atomic E-state index is 12.5. The molecular formula is C14H17IN2O6. The number of fused-ring (bicyclic) bond motifs is 1. The molecule has 2 fully saturated rings. The molecule has 2 aliphatic heterocycles. The lowest BCUT2D eigenvalue weighted by molar-refractivity contribution is -0.194. The van der Waals surface area contributed by atoms with Crippen LogP contribution in [0.2, 0.25) is 0 Å². The van der Waals surface area contributed by atoms with Gasteiger partial charge in [-0.2, -0.15) is 0 Å². The Morgan fingerprint density at radius 1 is 1.43 bits per heavy atom. The lowest BCUT2D eigenvalue weighted by atomic mass is 10.1. The lowest BCUT2D eigenvalue weighted by Crippen LogP contribution is -2.36. The lowest BCUT2D eigenvalue weighted by Gasteiger charge is -2.24. The smallest absolute Gasteiger partial charge is 0.362 e. The van der Waals surface area contributed by atoms with Gasteiger partial charge in [0.2, 0.25) is 5.69 Å². The minimum atomic E-state index is -0.784. The highest BCUT2D eigenvalue weighted by atomic mass is 127. The highest BCUT2D eigenvalue weighted by Gasteiger charge is 2.55. The number of rotatable bonds is 3. The first-order valence-corrected chi connectivity index (χ1v) is 8.63. The summed E-state index contributed by atoms with van der Waals surface area (Å²) in [4.78, 5) is 28.0. The molecule has 1 aromatic heterocycles. The number of hydrogen-bond donors (Lipinski definition) is 0. The number of halogens is 1. The zero-order valence-electron chi connectivity index (χ0n) is 12.9. The zero-order valence-corrected chi connectivity index (χ0v) is 15.1. The van der Waals surface area contributed by atoms with Crippen molar-refractivity contribution in [2.45, 2.75) is 44.2 Å². The molecule has 0 amide bonds. The Labute approximate surface area is 146 Å². The molecule has 4 atom stereocenters. The van der Waals surface area contributed by atoms with E-state index in [0.29, 0.717) is 4.43 Å². The van der Waals surface area contributed by atoms with Crippen molar-refractivity contribution < 1.29 is 23.7 Å². The maximum Gasteiger partial charge on any atom is 0.362 e. The molecule has 9 heteroatoms. The fourth-order valence-corrected chi connectivity index (χ4v) is 3.58. The summed E-state index contributed by atoms with van der Waals surface area (Å²) in [5.41, 5.74) is -0.864. The van der Waals surface area contributed by atoms with E-state index in [0.717, 1.165) is 0 Å². The third-order valence-corrected chi connectivity index (χ3v) is 4.67. The third kappa shape index (κ3) is 2.90. The molecule has 8 nitrogen and oxygen atoms in total. The average Bonchev–Trinajstić information content (AvgIpc) is 2.99. The Morgan fingerprint density at radius 2 is 2.13 bits per heavy atom. The molecule has 0 bridgehead atoms. The number of ether oxygens (including phenoxy) is 4. The summed E-state index contributed by atoms with van der Waals surface area (Å²) in [5, 5.41) is 0. The van der Waals surface area contributed by atoms with Gasteiger partial charge in [-0.15, -0.1) is 0 Å². The van der Waals surface area contributed by atoms with Crippen molar-refractivity contribution in [2.75, 3.05) is 11.5 Å². The number of aromatic nitrogens is 2. The Bertz CT molecular complexity index is 675. The predicted molar refractivity (Wildman–Crippen MR) is 86.5 cm³/mol. The summed E-state index contributed by atoms with van der Waals surface area (Å²) < 4.78 is 24.3.